The van der Waals surface area contributed by atoms with E-state index in [9.17, 15) is 0 Å². The lowest BCUT2D eigenvalue weighted by atomic mass is 10.0. The van der Waals surface area contributed by atoms with Crippen LogP contribution in [0.1, 0.15) is 0 Å². The molecule has 0 fully saturated rings. The maximum Gasteiger partial charge on any atom is 0.101 e. The fraction of sp³-hybridized carbons (Fsp3) is 0.125. The van der Waals surface area contributed by atoms with E-state index in [0.717, 1.165) is 0 Å². The first-order valence-corrected chi connectivity index (χ1v) is 2.95. The molecule has 0 N–H and O–H groups in total. The highest BCUT2D eigenvalue weighted by atomic mass is 14.3. The van der Waals surface area contributed by atoms with Crippen LogP contribution in [0.3, 0.4) is 0 Å². The molecule has 0 aromatic heterocycles. The Morgan fingerprint density at radius 3 is 2.36 bits per heavy atom. The van der Waals surface area contributed by atoms with Gasteiger partial charge in [0.2, 0.25) is 0 Å². The molecular formula is C8H3N3. The summed E-state index contributed by atoms with van der Waals surface area (Å²) in [6, 6.07) is 5.60. The highest BCUT2D eigenvalue weighted by Gasteiger charge is 2.19. The van der Waals surface area contributed by atoms with Gasteiger partial charge >= 0.3 is 0 Å². The van der Waals surface area contributed by atoms with E-state index in [1.54, 1.807) is 6.08 Å². The van der Waals surface area contributed by atoms with Crippen LogP contribution in [0.4, 0.5) is 0 Å². The van der Waals surface area contributed by atoms with Gasteiger partial charge in [-0.15, -0.1) is 0 Å². The second kappa shape index (κ2) is 2.69. The van der Waals surface area contributed by atoms with Crippen molar-refractivity contribution in [2.45, 2.75) is 0 Å². The highest BCUT2D eigenvalue weighted by Crippen LogP contribution is 2.23. The molecule has 3 heteroatoms. The van der Waals surface area contributed by atoms with Crippen LogP contribution in [-0.4, -0.2) is 0 Å². The van der Waals surface area contributed by atoms with Crippen molar-refractivity contribution in [2.75, 3.05) is 0 Å². The number of nitriles is 3. The Hall–Kier alpha value is -2.05. The fourth-order valence-corrected chi connectivity index (χ4v) is 0.881. The van der Waals surface area contributed by atoms with Crippen LogP contribution < -0.4 is 0 Å². The van der Waals surface area contributed by atoms with Crippen molar-refractivity contribution >= 4 is 0 Å². The molecule has 0 aromatic carbocycles. The van der Waals surface area contributed by atoms with Crippen molar-refractivity contribution < 1.29 is 0 Å². The Morgan fingerprint density at radius 1 is 1.18 bits per heavy atom. The maximum atomic E-state index is 8.52. The van der Waals surface area contributed by atoms with E-state index in [1.807, 2.05) is 18.2 Å². The van der Waals surface area contributed by atoms with Gasteiger partial charge in [-0.3, -0.25) is 0 Å². The molecule has 0 heterocycles. The SMILES string of the molecule is N#CC1=C(C#N)C(C#N)C=C1. The molecule has 0 radical (unpaired) electrons. The zero-order valence-corrected chi connectivity index (χ0v) is 5.57. The molecule has 50 valence electrons. The predicted molar refractivity (Wildman–Crippen MR) is 36.5 cm³/mol. The lowest BCUT2D eigenvalue weighted by molar-refractivity contribution is 1.04. The first kappa shape index (κ1) is 7.06. The van der Waals surface area contributed by atoms with Crippen LogP contribution in [0.2, 0.25) is 0 Å². The normalized spacial score (nSPS) is 20.6. The lowest BCUT2D eigenvalue weighted by Gasteiger charge is -1.92. The molecule has 0 bridgehead atoms. The summed E-state index contributed by atoms with van der Waals surface area (Å²) in [6.45, 7) is 0. The molecule has 1 unspecified atom stereocenters. The van der Waals surface area contributed by atoms with Crippen molar-refractivity contribution in [3.8, 4) is 18.2 Å². The van der Waals surface area contributed by atoms with Crippen molar-refractivity contribution in [1.82, 2.24) is 0 Å². The highest BCUT2D eigenvalue weighted by molar-refractivity contribution is 5.53. The summed E-state index contributed by atoms with van der Waals surface area (Å²) in [5, 5.41) is 25.5. The summed E-state index contributed by atoms with van der Waals surface area (Å²) in [6.07, 6.45) is 3.06. The standard InChI is InChI=1S/C8H3N3/c9-3-6-1-2-7(4-10)8(6)5-11/h1-2,6H. The summed E-state index contributed by atoms with van der Waals surface area (Å²) in [4.78, 5) is 0. The van der Waals surface area contributed by atoms with E-state index in [0.29, 0.717) is 5.57 Å². The molecule has 0 aromatic rings. The van der Waals surface area contributed by atoms with Crippen LogP contribution >= 0.6 is 0 Å². The van der Waals surface area contributed by atoms with E-state index in [1.165, 1.54) is 6.08 Å². The van der Waals surface area contributed by atoms with E-state index in [4.69, 9.17) is 15.8 Å². The average molecular weight is 141 g/mol. The van der Waals surface area contributed by atoms with E-state index in [2.05, 4.69) is 0 Å². The molecule has 0 aliphatic heterocycles. The Balaban J connectivity index is 3.13. The molecule has 0 saturated heterocycles. The van der Waals surface area contributed by atoms with Gasteiger partial charge in [0, 0.05) is 0 Å². The van der Waals surface area contributed by atoms with Gasteiger partial charge in [-0.1, -0.05) is 6.08 Å². The third-order valence-electron chi connectivity index (χ3n) is 1.44. The molecule has 1 rings (SSSR count). The number of hydrogen-bond donors (Lipinski definition) is 0. The monoisotopic (exact) mass is 141 g/mol. The molecule has 0 saturated carbocycles. The summed E-state index contributed by atoms with van der Waals surface area (Å²) < 4.78 is 0. The third kappa shape index (κ3) is 0.980. The van der Waals surface area contributed by atoms with Crippen molar-refractivity contribution in [3.63, 3.8) is 0 Å². The molecule has 0 amide bonds. The largest absolute Gasteiger partial charge is 0.197 e. The number of allylic oxidation sites excluding steroid dienone is 4. The van der Waals surface area contributed by atoms with Gasteiger partial charge in [0.25, 0.3) is 0 Å². The topological polar surface area (TPSA) is 71.4 Å². The second-order valence-corrected chi connectivity index (χ2v) is 2.02. The van der Waals surface area contributed by atoms with Crippen LogP contribution in [0.15, 0.2) is 23.3 Å². The van der Waals surface area contributed by atoms with Gasteiger partial charge < -0.3 is 0 Å². The van der Waals surface area contributed by atoms with Crippen LogP contribution in [-0.2, 0) is 0 Å². The molecule has 11 heavy (non-hydrogen) atoms. The molecule has 0 spiro atoms. The molecular weight excluding hydrogens is 138 g/mol. The molecule has 3 nitrogen and oxygen atoms in total. The fourth-order valence-electron chi connectivity index (χ4n) is 0.881. The summed E-state index contributed by atoms with van der Waals surface area (Å²) in [7, 11) is 0. The quantitative estimate of drug-likeness (QED) is 0.506. The Bertz CT molecular complexity index is 354. The Morgan fingerprint density at radius 2 is 1.91 bits per heavy atom. The van der Waals surface area contributed by atoms with Crippen LogP contribution in [0, 0.1) is 39.9 Å². The minimum absolute atomic E-state index is 0.259. The van der Waals surface area contributed by atoms with Gasteiger partial charge in [-0.25, -0.2) is 0 Å². The van der Waals surface area contributed by atoms with Gasteiger partial charge in [0.05, 0.1) is 23.3 Å². The van der Waals surface area contributed by atoms with E-state index < -0.39 is 5.92 Å². The zero-order chi connectivity index (χ0) is 8.27. The molecule has 1 aliphatic rings. The van der Waals surface area contributed by atoms with Crippen LogP contribution in [0.5, 0.6) is 0 Å². The van der Waals surface area contributed by atoms with Gasteiger partial charge in [-0.2, -0.15) is 15.8 Å². The number of rotatable bonds is 0. The minimum Gasteiger partial charge on any atom is -0.197 e. The summed E-state index contributed by atoms with van der Waals surface area (Å²) in [5.41, 5.74) is 0.564. The van der Waals surface area contributed by atoms with Crippen LogP contribution in [0.25, 0.3) is 0 Å². The molecule has 1 aliphatic carbocycles. The zero-order valence-electron chi connectivity index (χ0n) is 5.57. The average Bonchev–Trinajstić information content (AvgIpc) is 2.45. The Kier molecular flexibility index (Phi) is 1.73. The summed E-state index contributed by atoms with van der Waals surface area (Å²) in [5.74, 6) is -0.519. The van der Waals surface area contributed by atoms with Gasteiger partial charge in [0.1, 0.15) is 12.0 Å². The van der Waals surface area contributed by atoms with E-state index in [-0.39, 0.29) is 5.57 Å². The smallest absolute Gasteiger partial charge is 0.101 e. The van der Waals surface area contributed by atoms with Crippen molar-refractivity contribution in [1.29, 1.82) is 15.8 Å². The predicted octanol–water partition coefficient (Wildman–Crippen LogP) is 1.04. The minimum atomic E-state index is -0.519. The lowest BCUT2D eigenvalue weighted by Crippen LogP contribution is -1.92. The van der Waals surface area contributed by atoms with Gasteiger partial charge in [0.15, 0.2) is 0 Å². The summed E-state index contributed by atoms with van der Waals surface area (Å²) >= 11 is 0. The maximum absolute atomic E-state index is 8.52. The number of nitrogens with zero attached hydrogens (tertiary/aromatic N) is 3. The van der Waals surface area contributed by atoms with Crippen molar-refractivity contribution in [2.24, 2.45) is 5.92 Å². The molecule has 1 atom stereocenters. The third-order valence-corrected chi connectivity index (χ3v) is 1.44. The second-order valence-electron chi connectivity index (χ2n) is 2.02. The van der Waals surface area contributed by atoms with Gasteiger partial charge in [-0.05, 0) is 6.08 Å². The first-order valence-electron chi connectivity index (χ1n) is 2.95. The van der Waals surface area contributed by atoms with E-state index >= 15 is 0 Å². The number of hydrogen-bond acceptors (Lipinski definition) is 3. The Labute approximate surface area is 64.1 Å². The van der Waals surface area contributed by atoms with Crippen molar-refractivity contribution in [3.05, 3.63) is 23.3 Å². The first-order chi connectivity index (χ1) is 5.33.